The molecule has 0 fully saturated rings. The monoisotopic (exact) mass is 318 g/mol. The molecule has 0 aliphatic heterocycles. The lowest BCUT2D eigenvalue weighted by Crippen LogP contribution is -2.06. The maximum absolute atomic E-state index is 11.3. The van der Waals surface area contributed by atoms with E-state index in [4.69, 9.17) is 0 Å². The second kappa shape index (κ2) is 6.24. The Morgan fingerprint density at radius 1 is 1.67 bits per heavy atom. The molecule has 0 N–H and O–H groups in total. The van der Waals surface area contributed by atoms with Gasteiger partial charge in [0.25, 0.3) is 4.73 Å². The van der Waals surface area contributed by atoms with Crippen molar-refractivity contribution >= 4 is 27.8 Å². The Morgan fingerprint density at radius 3 is 2.78 bits per heavy atom. The molecule has 0 bridgehead atoms. The van der Waals surface area contributed by atoms with Crippen molar-refractivity contribution in [1.29, 1.82) is 0 Å². The summed E-state index contributed by atoms with van der Waals surface area (Å²) < 4.78 is 6.09. The average molecular weight is 319 g/mol. The normalized spacial score (nSPS) is 11.4. The molecule has 0 unspecified atom stereocenters. The van der Waals surface area contributed by atoms with Crippen molar-refractivity contribution < 1.29 is 14.5 Å². The molecule has 0 amide bonds. The lowest BCUT2D eigenvalue weighted by Gasteiger charge is -2.01. The zero-order valence-corrected chi connectivity index (χ0v) is 11.4. The zero-order chi connectivity index (χ0) is 13.7. The number of halogens is 1. The Bertz CT molecular complexity index is 497. The minimum Gasteiger partial charge on any atom is -0.466 e. The van der Waals surface area contributed by atoms with Crippen LogP contribution in [-0.2, 0) is 16.1 Å². The summed E-state index contributed by atoms with van der Waals surface area (Å²) in [6.07, 6.45) is 2.09. The molecule has 0 aromatic carbocycles. The van der Waals surface area contributed by atoms with Crippen molar-refractivity contribution in [2.45, 2.75) is 19.9 Å². The van der Waals surface area contributed by atoms with Crippen molar-refractivity contribution in [3.8, 4) is 0 Å². The molecule has 1 aromatic rings. The molecular weight excluding hydrogens is 308 g/mol. The summed E-state index contributed by atoms with van der Waals surface area (Å²) in [5.74, 6) is -0.922. The largest absolute Gasteiger partial charge is 0.492 e. The minimum atomic E-state index is -0.688. The van der Waals surface area contributed by atoms with E-state index in [2.05, 4.69) is 30.7 Å². The maximum atomic E-state index is 11.3. The number of esters is 1. The van der Waals surface area contributed by atoms with Crippen molar-refractivity contribution in [3.63, 3.8) is 0 Å². The number of carbonyl (C=O) groups excluding carboxylic acids is 1. The van der Waals surface area contributed by atoms with Gasteiger partial charge in [-0.25, -0.2) is 4.79 Å². The van der Waals surface area contributed by atoms with E-state index in [9.17, 15) is 14.9 Å². The number of hydrogen-bond acceptors (Lipinski definition) is 6. The Balaban J connectivity index is 2.87. The van der Waals surface area contributed by atoms with E-state index in [1.165, 1.54) is 11.8 Å². The average Bonchev–Trinajstić information content (AvgIpc) is 2.71. The first kappa shape index (κ1) is 14.3. The van der Waals surface area contributed by atoms with Gasteiger partial charge in [0.2, 0.25) is 0 Å². The third kappa shape index (κ3) is 3.36. The predicted molar refractivity (Wildman–Crippen MR) is 64.8 cm³/mol. The van der Waals surface area contributed by atoms with Crippen molar-refractivity contribution in [2.24, 2.45) is 0 Å². The van der Waals surface area contributed by atoms with E-state index in [0.717, 1.165) is 0 Å². The Morgan fingerprint density at radius 2 is 2.33 bits per heavy atom. The van der Waals surface area contributed by atoms with Crippen LogP contribution < -0.4 is 0 Å². The fraction of sp³-hybridized carbons (Fsp3) is 0.444. The van der Waals surface area contributed by atoms with E-state index < -0.39 is 16.8 Å². The first-order chi connectivity index (χ1) is 8.49. The Labute approximate surface area is 111 Å². The number of carbonyl (C=O) groups is 1. The lowest BCUT2D eigenvalue weighted by atomic mass is 10.2. The molecule has 1 rings (SSSR count). The number of aromatic nitrogens is 3. The number of methoxy groups -OCH3 is 1. The summed E-state index contributed by atoms with van der Waals surface area (Å²) in [7, 11) is 1.29. The van der Waals surface area contributed by atoms with Gasteiger partial charge in [-0.3, -0.25) is 0 Å². The van der Waals surface area contributed by atoms with Crippen molar-refractivity contribution in [2.75, 3.05) is 7.11 Å². The maximum Gasteiger partial charge on any atom is 0.492 e. The van der Waals surface area contributed by atoms with Crippen LogP contribution in [0.5, 0.6) is 0 Å². The number of allylic oxidation sites excluding steroid dienone is 1. The van der Waals surface area contributed by atoms with Crippen LogP contribution >= 0.6 is 15.9 Å². The van der Waals surface area contributed by atoms with E-state index in [1.807, 2.05) is 6.92 Å². The van der Waals surface area contributed by atoms with Gasteiger partial charge in [0.05, 0.1) is 13.7 Å². The highest BCUT2D eigenvalue weighted by Crippen LogP contribution is 2.13. The van der Waals surface area contributed by atoms with Crippen molar-refractivity contribution in [1.82, 2.24) is 14.8 Å². The Hall–Kier alpha value is -1.77. The third-order valence-electron chi connectivity index (χ3n) is 2.12. The smallest absolute Gasteiger partial charge is 0.466 e. The lowest BCUT2D eigenvalue weighted by molar-refractivity contribution is -0.394. The molecule has 0 radical (unpaired) electrons. The van der Waals surface area contributed by atoms with Gasteiger partial charge in [-0.1, -0.05) is 13.0 Å². The fourth-order valence-corrected chi connectivity index (χ4v) is 1.59. The van der Waals surface area contributed by atoms with E-state index >= 15 is 0 Å². The summed E-state index contributed by atoms with van der Waals surface area (Å²) >= 11 is 3.05. The molecule has 18 heavy (non-hydrogen) atoms. The predicted octanol–water partition coefficient (Wildman–Crippen LogP) is 1.46. The number of nitro groups is 1. The van der Waals surface area contributed by atoms with Crippen molar-refractivity contribution in [3.05, 3.63) is 26.5 Å². The van der Waals surface area contributed by atoms with Gasteiger partial charge >= 0.3 is 11.9 Å². The molecule has 0 aliphatic rings. The van der Waals surface area contributed by atoms with Crippen LogP contribution in [0.2, 0.25) is 0 Å². The van der Waals surface area contributed by atoms with Gasteiger partial charge in [0.1, 0.15) is 0 Å². The highest BCUT2D eigenvalue weighted by molar-refractivity contribution is 9.10. The van der Waals surface area contributed by atoms with Crippen LogP contribution in [0.3, 0.4) is 0 Å². The van der Waals surface area contributed by atoms with Crippen LogP contribution in [0, 0.1) is 10.1 Å². The van der Waals surface area contributed by atoms with E-state index in [0.29, 0.717) is 12.0 Å². The quantitative estimate of drug-likeness (QED) is 0.352. The van der Waals surface area contributed by atoms with E-state index in [-0.39, 0.29) is 11.3 Å². The first-order valence-electron chi connectivity index (χ1n) is 5.01. The molecule has 0 aliphatic carbocycles. The molecule has 8 nitrogen and oxygen atoms in total. The standard InChI is InChI=1S/C9H11BrN4O4/c1-3-6(7(15)18-2)4-5-13-8(10)11-9(12-13)14(16)17/h4H,3,5H2,1-2H3. The molecule has 0 spiro atoms. The molecule has 0 atom stereocenters. The van der Waals surface area contributed by atoms with Crippen LogP contribution in [0.15, 0.2) is 16.4 Å². The van der Waals surface area contributed by atoms with Gasteiger partial charge in [-0.2, -0.15) is 4.68 Å². The number of rotatable bonds is 5. The van der Waals surface area contributed by atoms with Gasteiger partial charge in [-0.05, 0) is 16.3 Å². The van der Waals surface area contributed by atoms with E-state index in [1.54, 1.807) is 6.08 Å². The molecule has 0 saturated heterocycles. The van der Waals surface area contributed by atoms with Crippen LogP contribution in [0.4, 0.5) is 5.95 Å². The molecule has 1 aromatic heterocycles. The molecule has 0 saturated carbocycles. The van der Waals surface area contributed by atoms with Gasteiger partial charge in [0.15, 0.2) is 0 Å². The second-order valence-corrected chi connectivity index (χ2v) is 3.90. The van der Waals surface area contributed by atoms with Crippen LogP contribution in [-0.4, -0.2) is 32.8 Å². The molecule has 98 valence electrons. The topological polar surface area (TPSA) is 100 Å². The summed E-state index contributed by atoms with van der Waals surface area (Å²) in [5.41, 5.74) is 0.475. The third-order valence-corrected chi connectivity index (χ3v) is 2.70. The zero-order valence-electron chi connectivity index (χ0n) is 9.79. The summed E-state index contributed by atoms with van der Waals surface area (Å²) in [5, 5.41) is 14.1. The van der Waals surface area contributed by atoms with Gasteiger partial charge in [-0.15, -0.1) is 0 Å². The molecule has 9 heteroatoms. The highest BCUT2D eigenvalue weighted by Gasteiger charge is 2.19. The number of hydrogen-bond donors (Lipinski definition) is 0. The second-order valence-electron chi connectivity index (χ2n) is 3.19. The van der Waals surface area contributed by atoms with Crippen LogP contribution in [0.1, 0.15) is 13.3 Å². The van der Waals surface area contributed by atoms with Gasteiger partial charge in [0, 0.05) is 26.6 Å². The van der Waals surface area contributed by atoms with Crippen LogP contribution in [0.25, 0.3) is 0 Å². The Kier molecular flexibility index (Phi) is 4.95. The number of nitrogens with zero attached hydrogens (tertiary/aromatic N) is 4. The fourth-order valence-electron chi connectivity index (χ4n) is 1.21. The summed E-state index contributed by atoms with van der Waals surface area (Å²) in [6, 6.07) is 0. The first-order valence-corrected chi connectivity index (χ1v) is 5.81. The molecule has 1 heterocycles. The number of ether oxygens (including phenoxy) is 1. The van der Waals surface area contributed by atoms with Gasteiger partial charge < -0.3 is 14.9 Å². The SMILES string of the molecule is CCC(=CCn1nc([N+](=O)[O-])nc1Br)C(=O)OC. The molecular formula is C9H11BrN4O4. The summed E-state index contributed by atoms with van der Waals surface area (Å²) in [6.45, 7) is 2.00. The minimum absolute atomic E-state index is 0.194. The summed E-state index contributed by atoms with van der Waals surface area (Å²) in [4.78, 5) is 24.7. The highest BCUT2D eigenvalue weighted by atomic mass is 79.9.